The Balaban J connectivity index is 2.13. The van der Waals surface area contributed by atoms with Crippen LogP contribution in [0.5, 0.6) is 0 Å². The molecule has 1 fully saturated rings. The van der Waals surface area contributed by atoms with E-state index in [-0.39, 0.29) is 0 Å². The van der Waals surface area contributed by atoms with Crippen molar-refractivity contribution in [1.29, 1.82) is 0 Å². The first kappa shape index (κ1) is 9.40. The molecule has 0 aromatic carbocycles. The quantitative estimate of drug-likeness (QED) is 0.771. The topological polar surface area (TPSA) is 55.0 Å². The second kappa shape index (κ2) is 3.92. The minimum Gasteiger partial charge on any atom is -0.352 e. The predicted octanol–water partition coefficient (Wildman–Crippen LogP) is 0.924. The average Bonchev–Trinajstić information content (AvgIpc) is 3.04. The van der Waals surface area contributed by atoms with Gasteiger partial charge >= 0.3 is 0 Å². The molecule has 1 aliphatic rings. The van der Waals surface area contributed by atoms with E-state index in [9.17, 15) is 0 Å². The smallest absolute Gasteiger partial charge is 0.151 e. The first-order valence-electron chi connectivity index (χ1n) is 5.14. The van der Waals surface area contributed by atoms with Gasteiger partial charge in [-0.1, -0.05) is 0 Å². The van der Waals surface area contributed by atoms with Gasteiger partial charge in [0.1, 0.15) is 0 Å². The summed E-state index contributed by atoms with van der Waals surface area (Å²) >= 11 is 0. The van der Waals surface area contributed by atoms with Crippen LogP contribution in [0.25, 0.3) is 0 Å². The molecule has 1 aliphatic carbocycles. The van der Waals surface area contributed by atoms with Crippen molar-refractivity contribution in [2.75, 3.05) is 11.4 Å². The van der Waals surface area contributed by atoms with E-state index in [0.29, 0.717) is 12.6 Å². The molecule has 0 unspecified atom stereocenters. The SMILES string of the molecule is CCN(c1ccc(CN)nn1)C1CC1. The molecule has 0 atom stereocenters. The van der Waals surface area contributed by atoms with Crippen molar-refractivity contribution in [3.63, 3.8) is 0 Å². The molecule has 4 nitrogen and oxygen atoms in total. The van der Waals surface area contributed by atoms with Gasteiger partial charge in [-0.25, -0.2) is 0 Å². The highest BCUT2D eigenvalue weighted by atomic mass is 15.3. The Labute approximate surface area is 84.1 Å². The molecule has 1 aromatic rings. The molecule has 2 N–H and O–H groups in total. The molecule has 0 saturated heterocycles. The Morgan fingerprint density at radius 2 is 2.21 bits per heavy atom. The van der Waals surface area contributed by atoms with E-state index in [1.165, 1.54) is 12.8 Å². The highest BCUT2D eigenvalue weighted by Crippen LogP contribution is 2.29. The molecular formula is C10H16N4. The molecule has 0 spiro atoms. The van der Waals surface area contributed by atoms with Gasteiger partial charge in [-0.3, -0.25) is 0 Å². The fourth-order valence-corrected chi connectivity index (χ4v) is 1.61. The van der Waals surface area contributed by atoms with Gasteiger partial charge in [-0.05, 0) is 31.9 Å². The number of rotatable bonds is 4. The molecule has 0 bridgehead atoms. The van der Waals surface area contributed by atoms with Gasteiger partial charge in [0.05, 0.1) is 5.69 Å². The van der Waals surface area contributed by atoms with Crippen LogP contribution in [-0.4, -0.2) is 22.8 Å². The van der Waals surface area contributed by atoms with E-state index in [0.717, 1.165) is 18.1 Å². The Bertz CT molecular complexity index is 291. The summed E-state index contributed by atoms with van der Waals surface area (Å²) in [5.41, 5.74) is 6.31. The molecule has 0 radical (unpaired) electrons. The Morgan fingerprint density at radius 1 is 1.43 bits per heavy atom. The molecule has 0 amide bonds. The predicted molar refractivity (Wildman–Crippen MR) is 56.0 cm³/mol. The average molecular weight is 192 g/mol. The minimum atomic E-state index is 0.461. The fraction of sp³-hybridized carbons (Fsp3) is 0.600. The van der Waals surface area contributed by atoms with Crippen molar-refractivity contribution in [3.8, 4) is 0 Å². The van der Waals surface area contributed by atoms with E-state index >= 15 is 0 Å². The number of nitrogens with two attached hydrogens (primary N) is 1. The summed E-state index contributed by atoms with van der Waals surface area (Å²) in [5, 5.41) is 8.24. The molecule has 1 aromatic heterocycles. The van der Waals surface area contributed by atoms with Gasteiger partial charge in [0, 0.05) is 19.1 Å². The second-order valence-corrected chi connectivity index (χ2v) is 3.60. The summed E-state index contributed by atoms with van der Waals surface area (Å²) in [4.78, 5) is 2.30. The van der Waals surface area contributed by atoms with Crippen molar-refractivity contribution in [3.05, 3.63) is 17.8 Å². The van der Waals surface area contributed by atoms with Crippen molar-refractivity contribution >= 4 is 5.82 Å². The summed E-state index contributed by atoms with van der Waals surface area (Å²) in [6.07, 6.45) is 2.57. The molecule has 14 heavy (non-hydrogen) atoms. The van der Waals surface area contributed by atoms with Gasteiger partial charge in [-0.2, -0.15) is 5.10 Å². The lowest BCUT2D eigenvalue weighted by atomic mass is 10.3. The third kappa shape index (κ3) is 1.85. The number of hydrogen-bond acceptors (Lipinski definition) is 4. The highest BCUT2D eigenvalue weighted by molar-refractivity contribution is 5.40. The van der Waals surface area contributed by atoms with Gasteiger partial charge in [0.25, 0.3) is 0 Å². The lowest BCUT2D eigenvalue weighted by Crippen LogP contribution is -2.26. The van der Waals surface area contributed by atoms with Gasteiger partial charge < -0.3 is 10.6 Å². The van der Waals surface area contributed by atoms with E-state index in [2.05, 4.69) is 22.0 Å². The first-order valence-corrected chi connectivity index (χ1v) is 5.14. The third-order valence-corrected chi connectivity index (χ3v) is 2.54. The summed E-state index contributed by atoms with van der Waals surface area (Å²) in [6.45, 7) is 3.61. The zero-order valence-corrected chi connectivity index (χ0v) is 8.48. The molecule has 1 heterocycles. The zero-order chi connectivity index (χ0) is 9.97. The number of aromatic nitrogens is 2. The summed E-state index contributed by atoms with van der Waals surface area (Å²) in [7, 11) is 0. The van der Waals surface area contributed by atoms with Crippen LogP contribution in [0.3, 0.4) is 0 Å². The Hall–Kier alpha value is -1.16. The van der Waals surface area contributed by atoms with Gasteiger partial charge in [0.2, 0.25) is 0 Å². The third-order valence-electron chi connectivity index (χ3n) is 2.54. The molecule has 0 aliphatic heterocycles. The number of anilines is 1. The maximum absolute atomic E-state index is 5.46. The van der Waals surface area contributed by atoms with Crippen LogP contribution in [0, 0.1) is 0 Å². The van der Waals surface area contributed by atoms with Crippen molar-refractivity contribution in [2.24, 2.45) is 5.73 Å². The van der Waals surface area contributed by atoms with Crippen LogP contribution >= 0.6 is 0 Å². The van der Waals surface area contributed by atoms with Crippen LogP contribution in [-0.2, 0) is 6.54 Å². The van der Waals surface area contributed by atoms with Gasteiger partial charge in [-0.15, -0.1) is 5.10 Å². The minimum absolute atomic E-state index is 0.461. The maximum atomic E-state index is 5.46. The monoisotopic (exact) mass is 192 g/mol. The first-order chi connectivity index (χ1) is 6.85. The second-order valence-electron chi connectivity index (χ2n) is 3.60. The van der Waals surface area contributed by atoms with Crippen LogP contribution in [0.2, 0.25) is 0 Å². The number of hydrogen-bond donors (Lipinski definition) is 1. The van der Waals surface area contributed by atoms with Crippen LogP contribution < -0.4 is 10.6 Å². The maximum Gasteiger partial charge on any atom is 0.151 e. The van der Waals surface area contributed by atoms with Crippen molar-refractivity contribution < 1.29 is 0 Å². The lowest BCUT2D eigenvalue weighted by Gasteiger charge is -2.20. The fourth-order valence-electron chi connectivity index (χ4n) is 1.61. The standard InChI is InChI=1S/C10H16N4/c1-2-14(9-4-5-9)10-6-3-8(7-11)12-13-10/h3,6,9H,2,4-5,7,11H2,1H3. The largest absolute Gasteiger partial charge is 0.352 e. The van der Waals surface area contributed by atoms with Crippen molar-refractivity contribution in [1.82, 2.24) is 10.2 Å². The molecule has 76 valence electrons. The number of nitrogens with zero attached hydrogens (tertiary/aromatic N) is 3. The van der Waals surface area contributed by atoms with Crippen LogP contribution in [0.1, 0.15) is 25.5 Å². The van der Waals surface area contributed by atoms with Gasteiger partial charge in [0.15, 0.2) is 5.82 Å². The van der Waals surface area contributed by atoms with E-state index in [4.69, 9.17) is 5.73 Å². The van der Waals surface area contributed by atoms with Crippen LogP contribution in [0.4, 0.5) is 5.82 Å². The molecule has 1 saturated carbocycles. The van der Waals surface area contributed by atoms with Crippen LogP contribution in [0.15, 0.2) is 12.1 Å². The van der Waals surface area contributed by atoms with E-state index < -0.39 is 0 Å². The molecule has 2 rings (SSSR count). The lowest BCUT2D eigenvalue weighted by molar-refractivity contribution is 0.780. The molecule has 4 heteroatoms. The zero-order valence-electron chi connectivity index (χ0n) is 8.48. The van der Waals surface area contributed by atoms with Crippen molar-refractivity contribution in [2.45, 2.75) is 32.4 Å². The normalized spacial score (nSPS) is 15.6. The summed E-state index contributed by atoms with van der Waals surface area (Å²) in [5.74, 6) is 0.979. The van der Waals surface area contributed by atoms with E-state index in [1.807, 2.05) is 12.1 Å². The summed E-state index contributed by atoms with van der Waals surface area (Å²) < 4.78 is 0. The summed E-state index contributed by atoms with van der Waals surface area (Å²) in [6, 6.07) is 4.66. The highest BCUT2D eigenvalue weighted by Gasteiger charge is 2.28. The Kier molecular flexibility index (Phi) is 2.63. The van der Waals surface area contributed by atoms with E-state index in [1.54, 1.807) is 0 Å². The Morgan fingerprint density at radius 3 is 2.64 bits per heavy atom. The molecular weight excluding hydrogens is 176 g/mol.